The Morgan fingerprint density at radius 2 is 1.67 bits per heavy atom. The minimum Gasteiger partial charge on any atom is -0.345 e. The van der Waals surface area contributed by atoms with Crippen LogP contribution in [-0.4, -0.2) is 37.0 Å². The fraction of sp³-hybridized carbons (Fsp3) is 1.00. The van der Waals surface area contributed by atoms with Crippen LogP contribution in [0.3, 0.4) is 0 Å². The lowest BCUT2D eigenvalue weighted by Gasteiger charge is -2.28. The van der Waals surface area contributed by atoms with E-state index in [9.17, 15) is 0 Å². The van der Waals surface area contributed by atoms with Gasteiger partial charge in [0.25, 0.3) is 0 Å². The van der Waals surface area contributed by atoms with Gasteiger partial charge in [-0.25, -0.2) is 0 Å². The Kier molecular flexibility index (Phi) is 5.43. The molecular weight excluding hydrogens is 138 g/mol. The average Bonchev–Trinajstić information content (AvgIpc) is 1.62. The molecule has 0 aliphatic heterocycles. The molecule has 0 fully saturated rings. The molecule has 0 aliphatic carbocycles. The largest absolute Gasteiger partial charge is 0.345 e. The van der Waals surface area contributed by atoms with E-state index in [1.165, 1.54) is 0 Å². The molecule has 0 bridgehead atoms. The van der Waals surface area contributed by atoms with E-state index < -0.39 is 0 Å². The van der Waals surface area contributed by atoms with Crippen molar-refractivity contribution in [1.29, 1.82) is 0 Å². The fourth-order valence-electron chi connectivity index (χ4n) is 0.548. The molecule has 0 aromatic rings. The summed E-state index contributed by atoms with van der Waals surface area (Å²) in [6.07, 6.45) is 0.610. The van der Waals surface area contributed by atoms with Crippen molar-refractivity contribution in [3.8, 4) is 0 Å². The van der Waals surface area contributed by atoms with Crippen LogP contribution in [0.25, 0.3) is 0 Å². The second-order valence-electron chi connectivity index (χ2n) is 3.01. The predicted octanol–water partition coefficient (Wildman–Crippen LogP) is 0.843. The van der Waals surface area contributed by atoms with Crippen LogP contribution in [0.15, 0.2) is 0 Å². The molecular formula is C6H17ClNO+. The van der Waals surface area contributed by atoms with Crippen LogP contribution in [0.2, 0.25) is 0 Å². The molecule has 0 heterocycles. The van der Waals surface area contributed by atoms with Crippen LogP contribution < -0.4 is 0 Å². The first kappa shape index (κ1) is 11.9. The minimum absolute atomic E-state index is 0. The molecule has 0 radical (unpaired) electrons. The number of nitrogens with zero attached hydrogens (tertiary/aromatic N) is 1. The van der Waals surface area contributed by atoms with Crippen molar-refractivity contribution >= 4 is 12.4 Å². The second kappa shape index (κ2) is 4.09. The van der Waals surface area contributed by atoms with Crippen molar-refractivity contribution < 1.29 is 9.59 Å². The van der Waals surface area contributed by atoms with E-state index in [1.54, 1.807) is 0 Å². The zero-order valence-electron chi connectivity index (χ0n) is 6.59. The van der Waals surface area contributed by atoms with Crippen molar-refractivity contribution in [2.75, 3.05) is 21.1 Å². The smallest absolute Gasteiger partial charge is 0.189 e. The number of halogens is 1. The van der Waals surface area contributed by atoms with Gasteiger partial charge in [-0.15, -0.1) is 12.4 Å². The monoisotopic (exact) mass is 154 g/mol. The highest BCUT2D eigenvalue weighted by Gasteiger charge is 2.16. The highest BCUT2D eigenvalue weighted by Crippen LogP contribution is 2.01. The summed E-state index contributed by atoms with van der Waals surface area (Å²) < 4.78 is 0.635. The molecule has 0 spiro atoms. The fourth-order valence-corrected chi connectivity index (χ4v) is 0.548. The zero-order valence-corrected chi connectivity index (χ0v) is 7.40. The quantitative estimate of drug-likeness (QED) is 0.462. The molecule has 9 heavy (non-hydrogen) atoms. The summed E-state index contributed by atoms with van der Waals surface area (Å²) in [5, 5.41) is 9.17. The Morgan fingerprint density at radius 1 is 1.33 bits per heavy atom. The van der Waals surface area contributed by atoms with Gasteiger partial charge < -0.3 is 9.59 Å². The van der Waals surface area contributed by atoms with Gasteiger partial charge in [-0.1, -0.05) is 6.92 Å². The van der Waals surface area contributed by atoms with E-state index in [0.717, 1.165) is 6.42 Å². The molecule has 0 rings (SSSR count). The summed E-state index contributed by atoms with van der Waals surface area (Å²) in [5.41, 5.74) is 0. The minimum atomic E-state index is -0.213. The molecule has 0 saturated carbocycles. The maximum absolute atomic E-state index is 9.17. The second-order valence-corrected chi connectivity index (χ2v) is 3.01. The van der Waals surface area contributed by atoms with Gasteiger partial charge >= 0.3 is 0 Å². The molecule has 0 aromatic carbocycles. The van der Waals surface area contributed by atoms with Gasteiger partial charge in [-0.2, -0.15) is 0 Å². The van der Waals surface area contributed by atoms with Gasteiger partial charge in [0, 0.05) is 6.42 Å². The van der Waals surface area contributed by atoms with Crippen molar-refractivity contribution in [3.63, 3.8) is 0 Å². The number of aliphatic hydroxyl groups is 1. The van der Waals surface area contributed by atoms with Gasteiger partial charge in [0.05, 0.1) is 21.1 Å². The summed E-state index contributed by atoms with van der Waals surface area (Å²) in [6, 6.07) is 0. The molecule has 1 atom stereocenters. The van der Waals surface area contributed by atoms with E-state index in [1.807, 2.05) is 28.1 Å². The Hall–Kier alpha value is 0.210. The maximum Gasteiger partial charge on any atom is 0.189 e. The number of aliphatic hydroxyl groups excluding tert-OH is 1. The van der Waals surface area contributed by atoms with Crippen molar-refractivity contribution in [1.82, 2.24) is 0 Å². The molecule has 0 aromatic heterocycles. The first-order chi connectivity index (χ1) is 3.48. The van der Waals surface area contributed by atoms with Gasteiger partial charge in [-0.3, -0.25) is 0 Å². The standard InChI is InChI=1S/C6H16NO.ClH/c1-5-6(8)7(2,3)4;/h6,8H,5H2,1-4H3;1H/q+1;. The normalized spacial score (nSPS) is 14.3. The van der Waals surface area contributed by atoms with Crippen LogP contribution in [0.1, 0.15) is 13.3 Å². The van der Waals surface area contributed by atoms with E-state index in [-0.39, 0.29) is 18.6 Å². The average molecular weight is 155 g/mol. The van der Waals surface area contributed by atoms with Crippen LogP contribution >= 0.6 is 12.4 Å². The SMILES string of the molecule is CCC(O)[N+](C)(C)C.Cl. The first-order valence-corrected chi connectivity index (χ1v) is 2.97. The molecule has 1 unspecified atom stereocenters. The highest BCUT2D eigenvalue weighted by molar-refractivity contribution is 5.85. The van der Waals surface area contributed by atoms with E-state index in [2.05, 4.69) is 0 Å². The Labute approximate surface area is 63.5 Å². The van der Waals surface area contributed by atoms with Crippen LogP contribution in [0.5, 0.6) is 0 Å². The van der Waals surface area contributed by atoms with E-state index in [4.69, 9.17) is 5.11 Å². The number of hydrogen-bond donors (Lipinski definition) is 1. The lowest BCUT2D eigenvalue weighted by molar-refractivity contribution is -0.918. The maximum atomic E-state index is 9.17. The topological polar surface area (TPSA) is 20.2 Å². The molecule has 1 N–H and O–H groups in total. The van der Waals surface area contributed by atoms with Gasteiger partial charge in [0.2, 0.25) is 0 Å². The molecule has 58 valence electrons. The summed E-state index contributed by atoms with van der Waals surface area (Å²) in [4.78, 5) is 0. The Bertz CT molecular complexity index is 69.9. The first-order valence-electron chi connectivity index (χ1n) is 2.97. The van der Waals surface area contributed by atoms with Gasteiger partial charge in [-0.05, 0) is 0 Å². The molecule has 2 nitrogen and oxygen atoms in total. The van der Waals surface area contributed by atoms with Gasteiger partial charge in [0.15, 0.2) is 6.23 Å². The molecule has 3 heteroatoms. The lowest BCUT2D eigenvalue weighted by atomic mass is 10.4. The number of hydrogen-bond acceptors (Lipinski definition) is 1. The van der Waals surface area contributed by atoms with Crippen molar-refractivity contribution in [3.05, 3.63) is 0 Å². The number of quaternary nitrogens is 1. The van der Waals surface area contributed by atoms with Crippen LogP contribution in [0.4, 0.5) is 0 Å². The van der Waals surface area contributed by atoms with Crippen LogP contribution in [0, 0.1) is 0 Å². The van der Waals surface area contributed by atoms with E-state index in [0.29, 0.717) is 4.48 Å². The zero-order chi connectivity index (χ0) is 6.78. The summed E-state index contributed by atoms with van der Waals surface area (Å²) in [7, 11) is 5.94. The van der Waals surface area contributed by atoms with Crippen molar-refractivity contribution in [2.45, 2.75) is 19.6 Å². The van der Waals surface area contributed by atoms with Crippen molar-refractivity contribution in [2.24, 2.45) is 0 Å². The molecule has 0 saturated heterocycles. The van der Waals surface area contributed by atoms with E-state index >= 15 is 0 Å². The Morgan fingerprint density at radius 3 is 1.67 bits per heavy atom. The third-order valence-corrected chi connectivity index (χ3v) is 1.26. The molecule has 0 aliphatic rings. The van der Waals surface area contributed by atoms with Gasteiger partial charge in [0.1, 0.15) is 0 Å². The summed E-state index contributed by atoms with van der Waals surface area (Å²) in [6.45, 7) is 1.98. The van der Waals surface area contributed by atoms with Crippen LogP contribution in [-0.2, 0) is 0 Å². The third kappa shape index (κ3) is 4.70. The molecule has 0 amide bonds. The highest BCUT2D eigenvalue weighted by atomic mass is 35.5. The lowest BCUT2D eigenvalue weighted by Crippen LogP contribution is -2.44. The Balaban J connectivity index is 0. The third-order valence-electron chi connectivity index (χ3n) is 1.26. The predicted molar refractivity (Wildman–Crippen MR) is 41.6 cm³/mol. The summed E-state index contributed by atoms with van der Waals surface area (Å²) >= 11 is 0. The number of rotatable bonds is 2. The summed E-state index contributed by atoms with van der Waals surface area (Å²) in [5.74, 6) is 0.